The van der Waals surface area contributed by atoms with Crippen LogP contribution in [0.4, 0.5) is 24.5 Å². The molecule has 4 aromatic carbocycles. The number of nitrogens with zero attached hydrogens (tertiary/aromatic N) is 1. The van der Waals surface area contributed by atoms with Gasteiger partial charge in [-0.1, -0.05) is 59.6 Å². The lowest BCUT2D eigenvalue weighted by Gasteiger charge is -2.25. The topological polar surface area (TPSA) is 66.5 Å². The Balaban J connectivity index is 1.56. The lowest BCUT2D eigenvalue weighted by Crippen LogP contribution is -2.38. The molecule has 0 saturated heterocycles. The molecular formula is C29H24ClF3N2O3S2. The molecule has 0 aromatic heterocycles. The van der Waals surface area contributed by atoms with Gasteiger partial charge in [-0.15, -0.1) is 11.8 Å². The highest BCUT2D eigenvalue weighted by atomic mass is 35.5. The number of hydrogen-bond acceptors (Lipinski definition) is 4. The molecule has 0 aliphatic carbocycles. The Morgan fingerprint density at radius 1 is 0.925 bits per heavy atom. The molecule has 1 N–H and O–H groups in total. The number of aryl methyl sites for hydroxylation is 1. The minimum atomic E-state index is -4.82. The van der Waals surface area contributed by atoms with Crippen molar-refractivity contribution in [2.75, 3.05) is 16.2 Å². The summed E-state index contributed by atoms with van der Waals surface area (Å²) in [6, 6.07) is 25.4. The summed E-state index contributed by atoms with van der Waals surface area (Å²) in [4.78, 5) is 13.9. The standard InChI is InChI=1S/C29H24ClF3N2O3S2/c1-20-7-14-25(15-8-20)40(37,38)35(23-13-16-27(30)26(17-23)29(31,32)33)18-28(36)34-22-11-9-21(10-12-22)19-39-24-5-3-2-4-6-24/h2-17H,18-19H2,1H3,(H,34,36). The van der Waals surface area contributed by atoms with Crippen molar-refractivity contribution in [1.29, 1.82) is 0 Å². The minimum Gasteiger partial charge on any atom is -0.325 e. The van der Waals surface area contributed by atoms with Crippen LogP contribution in [0.25, 0.3) is 0 Å². The van der Waals surface area contributed by atoms with E-state index in [9.17, 15) is 26.4 Å². The second-order valence-electron chi connectivity index (χ2n) is 8.83. The number of amides is 1. The summed E-state index contributed by atoms with van der Waals surface area (Å²) < 4.78 is 68.4. The van der Waals surface area contributed by atoms with Gasteiger partial charge >= 0.3 is 6.18 Å². The molecular weight excluding hydrogens is 581 g/mol. The van der Waals surface area contributed by atoms with E-state index in [1.807, 2.05) is 42.5 Å². The van der Waals surface area contributed by atoms with Crippen molar-refractivity contribution in [1.82, 2.24) is 0 Å². The van der Waals surface area contributed by atoms with Crippen LogP contribution in [-0.4, -0.2) is 20.9 Å². The summed E-state index contributed by atoms with van der Waals surface area (Å²) in [6.45, 7) is 1.00. The quantitative estimate of drug-likeness (QED) is 0.198. The van der Waals surface area contributed by atoms with Crippen molar-refractivity contribution in [3.05, 3.63) is 119 Å². The van der Waals surface area contributed by atoms with Crippen molar-refractivity contribution in [2.24, 2.45) is 0 Å². The summed E-state index contributed by atoms with van der Waals surface area (Å²) in [5, 5.41) is 2.05. The fourth-order valence-corrected chi connectivity index (χ4v) is 6.25. The van der Waals surface area contributed by atoms with Crippen LogP contribution < -0.4 is 9.62 Å². The molecule has 4 rings (SSSR count). The molecule has 0 radical (unpaired) electrons. The predicted molar refractivity (Wildman–Crippen MR) is 153 cm³/mol. The van der Waals surface area contributed by atoms with E-state index in [1.54, 1.807) is 43.0 Å². The number of hydrogen-bond donors (Lipinski definition) is 1. The summed E-state index contributed by atoms with van der Waals surface area (Å²) in [5.74, 6) is -0.0237. The zero-order chi connectivity index (χ0) is 28.9. The fourth-order valence-electron chi connectivity index (χ4n) is 3.74. The Kier molecular flexibility index (Phi) is 9.12. The van der Waals surface area contributed by atoms with Gasteiger partial charge in [0.25, 0.3) is 10.0 Å². The number of carbonyl (C=O) groups is 1. The number of benzene rings is 4. The van der Waals surface area contributed by atoms with Gasteiger partial charge in [0.15, 0.2) is 0 Å². The molecule has 208 valence electrons. The van der Waals surface area contributed by atoms with E-state index in [4.69, 9.17) is 11.6 Å². The molecule has 0 aliphatic rings. The number of anilines is 2. The molecule has 0 atom stereocenters. The first-order chi connectivity index (χ1) is 18.9. The second kappa shape index (κ2) is 12.4. The third-order valence-electron chi connectivity index (χ3n) is 5.83. The number of nitrogens with one attached hydrogen (secondary N) is 1. The first-order valence-electron chi connectivity index (χ1n) is 12.0. The molecule has 0 spiro atoms. The first-order valence-corrected chi connectivity index (χ1v) is 14.8. The number of sulfonamides is 1. The lowest BCUT2D eigenvalue weighted by molar-refractivity contribution is -0.137. The van der Waals surface area contributed by atoms with Crippen molar-refractivity contribution in [3.8, 4) is 0 Å². The molecule has 0 saturated carbocycles. The van der Waals surface area contributed by atoms with Crippen LogP contribution in [-0.2, 0) is 26.7 Å². The van der Waals surface area contributed by atoms with Crippen molar-refractivity contribution < 1.29 is 26.4 Å². The van der Waals surface area contributed by atoms with Crippen LogP contribution in [0.15, 0.2) is 107 Å². The molecule has 5 nitrogen and oxygen atoms in total. The van der Waals surface area contributed by atoms with Gasteiger partial charge in [-0.05, 0) is 67.1 Å². The first kappa shape index (κ1) is 29.5. The van der Waals surface area contributed by atoms with E-state index in [1.165, 1.54) is 12.1 Å². The number of thioether (sulfide) groups is 1. The smallest absolute Gasteiger partial charge is 0.325 e. The van der Waals surface area contributed by atoms with Crippen molar-refractivity contribution >= 4 is 50.7 Å². The Morgan fingerprint density at radius 2 is 1.57 bits per heavy atom. The Labute approximate surface area is 240 Å². The van der Waals surface area contributed by atoms with Crippen LogP contribution in [0.5, 0.6) is 0 Å². The van der Waals surface area contributed by atoms with Gasteiger partial charge in [0.2, 0.25) is 5.91 Å². The van der Waals surface area contributed by atoms with E-state index in [2.05, 4.69) is 5.32 Å². The molecule has 1 amide bonds. The maximum absolute atomic E-state index is 13.6. The molecule has 0 aliphatic heterocycles. The summed E-state index contributed by atoms with van der Waals surface area (Å²) in [6.07, 6.45) is -4.82. The van der Waals surface area contributed by atoms with Gasteiger partial charge in [-0.25, -0.2) is 8.42 Å². The van der Waals surface area contributed by atoms with Crippen LogP contribution in [0.2, 0.25) is 5.02 Å². The zero-order valence-electron chi connectivity index (χ0n) is 21.2. The van der Waals surface area contributed by atoms with Gasteiger partial charge < -0.3 is 5.32 Å². The molecule has 0 unspecified atom stereocenters. The summed E-state index contributed by atoms with van der Waals surface area (Å²) in [7, 11) is -4.41. The van der Waals surface area contributed by atoms with Crippen LogP contribution in [0, 0.1) is 6.92 Å². The van der Waals surface area contributed by atoms with Crippen LogP contribution >= 0.6 is 23.4 Å². The monoisotopic (exact) mass is 604 g/mol. The van der Waals surface area contributed by atoms with Gasteiger partial charge in [0.1, 0.15) is 6.54 Å². The predicted octanol–water partition coefficient (Wildman–Crippen LogP) is 7.79. The van der Waals surface area contributed by atoms with E-state index in [-0.39, 0.29) is 10.6 Å². The molecule has 4 aromatic rings. The average Bonchev–Trinajstić information content (AvgIpc) is 2.92. The van der Waals surface area contributed by atoms with Gasteiger partial charge in [0.05, 0.1) is 21.2 Å². The SMILES string of the molecule is Cc1ccc(S(=O)(=O)N(CC(=O)Nc2ccc(CSc3ccccc3)cc2)c2ccc(Cl)c(C(F)(F)F)c2)cc1. The largest absolute Gasteiger partial charge is 0.417 e. The number of rotatable bonds is 9. The van der Waals surface area contributed by atoms with Crippen molar-refractivity contribution in [3.63, 3.8) is 0 Å². The van der Waals surface area contributed by atoms with Gasteiger partial charge in [-0.3, -0.25) is 9.10 Å². The third-order valence-corrected chi connectivity index (χ3v) is 9.03. The lowest BCUT2D eigenvalue weighted by atomic mass is 10.2. The van der Waals surface area contributed by atoms with Gasteiger partial charge in [-0.2, -0.15) is 13.2 Å². The maximum atomic E-state index is 13.6. The van der Waals surface area contributed by atoms with Gasteiger partial charge in [0, 0.05) is 16.3 Å². The van der Waals surface area contributed by atoms with E-state index in [0.29, 0.717) is 21.8 Å². The Bertz CT molecular complexity index is 1580. The number of alkyl halides is 3. The molecule has 40 heavy (non-hydrogen) atoms. The number of halogens is 4. The van der Waals surface area contributed by atoms with E-state index >= 15 is 0 Å². The normalized spacial score (nSPS) is 11.7. The molecule has 0 bridgehead atoms. The summed E-state index contributed by atoms with van der Waals surface area (Å²) >= 11 is 7.40. The maximum Gasteiger partial charge on any atom is 0.417 e. The molecule has 11 heteroatoms. The second-order valence-corrected chi connectivity index (χ2v) is 12.2. The van der Waals surface area contributed by atoms with Crippen molar-refractivity contribution in [2.45, 2.75) is 28.6 Å². The highest BCUT2D eigenvalue weighted by Crippen LogP contribution is 2.38. The van der Waals surface area contributed by atoms with Crippen LogP contribution in [0.1, 0.15) is 16.7 Å². The van der Waals surface area contributed by atoms with Crippen LogP contribution in [0.3, 0.4) is 0 Å². The highest BCUT2D eigenvalue weighted by molar-refractivity contribution is 7.98. The molecule has 0 fully saturated rings. The van der Waals surface area contributed by atoms with E-state index < -0.39 is 39.2 Å². The number of carbonyl (C=O) groups excluding carboxylic acids is 1. The van der Waals surface area contributed by atoms with E-state index in [0.717, 1.165) is 28.2 Å². The zero-order valence-corrected chi connectivity index (χ0v) is 23.5. The summed E-state index contributed by atoms with van der Waals surface area (Å²) in [5.41, 5.74) is 0.662. The fraction of sp³-hybridized carbons (Fsp3) is 0.138. The highest BCUT2D eigenvalue weighted by Gasteiger charge is 2.35. The Hall–Kier alpha value is -3.47. The molecule has 0 heterocycles. The third kappa shape index (κ3) is 7.38. The minimum absolute atomic E-state index is 0.172. The average molecular weight is 605 g/mol. The Morgan fingerprint density at radius 3 is 2.20 bits per heavy atom.